The number of nitrogens with two attached hydrogens (primary N) is 1. The van der Waals surface area contributed by atoms with Crippen LogP contribution in [-0.2, 0) is 7.05 Å². The van der Waals surface area contributed by atoms with Gasteiger partial charge in [-0.1, -0.05) is 25.1 Å². The van der Waals surface area contributed by atoms with Crippen molar-refractivity contribution in [2.24, 2.45) is 18.7 Å². The summed E-state index contributed by atoms with van der Waals surface area (Å²) in [5, 5.41) is 8.21. The molecule has 1 aromatic carbocycles. The van der Waals surface area contributed by atoms with E-state index >= 15 is 0 Å². The first-order chi connectivity index (χ1) is 16.0. The number of benzene rings is 1. The molecule has 168 valence electrons. The van der Waals surface area contributed by atoms with Crippen LogP contribution in [0.15, 0.2) is 61.2 Å². The molecule has 3 aromatic heterocycles. The van der Waals surface area contributed by atoms with E-state index < -0.39 is 0 Å². The highest BCUT2D eigenvalue weighted by Gasteiger charge is 2.24. The fourth-order valence-electron chi connectivity index (χ4n) is 4.54. The number of aryl methyl sites for hydroxylation is 1. The van der Waals surface area contributed by atoms with Crippen LogP contribution in [-0.4, -0.2) is 44.8 Å². The quantitative estimate of drug-likeness (QED) is 0.503. The number of pyridine rings is 2. The van der Waals surface area contributed by atoms with Gasteiger partial charge in [-0.3, -0.25) is 14.5 Å². The summed E-state index contributed by atoms with van der Waals surface area (Å²) < 4.78 is 1.76. The molecule has 1 saturated heterocycles. The smallest absolute Gasteiger partial charge is 0.274 e. The first-order valence-corrected chi connectivity index (χ1v) is 11.1. The van der Waals surface area contributed by atoms with E-state index in [0.29, 0.717) is 17.3 Å². The van der Waals surface area contributed by atoms with Gasteiger partial charge < -0.3 is 16.0 Å². The minimum Gasteiger partial charge on any atom is -0.368 e. The molecule has 0 bridgehead atoms. The molecule has 1 aliphatic rings. The van der Waals surface area contributed by atoms with Crippen molar-refractivity contribution in [2.45, 2.75) is 19.4 Å². The fraction of sp³-hybridized carbons (Fsp3) is 0.280. The van der Waals surface area contributed by atoms with Crippen molar-refractivity contribution in [1.82, 2.24) is 19.7 Å². The Kier molecular flexibility index (Phi) is 5.51. The number of carbonyl (C=O) groups excluding carboxylic acids is 1. The Morgan fingerprint density at radius 2 is 1.97 bits per heavy atom. The highest BCUT2D eigenvalue weighted by atomic mass is 16.1. The zero-order valence-electron chi connectivity index (χ0n) is 18.8. The summed E-state index contributed by atoms with van der Waals surface area (Å²) in [6.45, 7) is 3.85. The molecule has 0 saturated carbocycles. The molecule has 4 heterocycles. The fourth-order valence-corrected chi connectivity index (χ4v) is 4.54. The number of carbonyl (C=O) groups is 1. The Labute approximate surface area is 192 Å². The standard InChI is InChI=1S/C25H27N7O/c1-16-9-20(26)15-32(13-16)24-7-8-27-12-23(24)30-25(33)21-6-5-17-3-4-18(10-22(17)29-21)19-11-28-31(2)14-19/h3-8,10-12,14,16,20H,9,13,15,26H2,1-2H3,(H,30,33). The number of aromatic nitrogens is 4. The zero-order chi connectivity index (χ0) is 22.9. The average molecular weight is 442 g/mol. The highest BCUT2D eigenvalue weighted by molar-refractivity contribution is 6.05. The Bertz CT molecular complexity index is 1310. The normalized spacial score (nSPS) is 18.5. The van der Waals surface area contributed by atoms with Crippen molar-refractivity contribution in [2.75, 3.05) is 23.3 Å². The van der Waals surface area contributed by atoms with Gasteiger partial charge in [0.05, 0.1) is 29.3 Å². The number of hydrogen-bond acceptors (Lipinski definition) is 6. The van der Waals surface area contributed by atoms with Crippen LogP contribution in [0.1, 0.15) is 23.8 Å². The summed E-state index contributed by atoms with van der Waals surface area (Å²) in [7, 11) is 1.89. The second-order valence-corrected chi connectivity index (χ2v) is 8.86. The number of rotatable bonds is 4. The molecule has 2 atom stereocenters. The molecule has 1 amide bonds. The van der Waals surface area contributed by atoms with Gasteiger partial charge in [-0.05, 0) is 36.1 Å². The maximum Gasteiger partial charge on any atom is 0.274 e. The molecule has 1 fully saturated rings. The molecular weight excluding hydrogens is 414 g/mol. The van der Waals surface area contributed by atoms with Crippen LogP contribution in [0.2, 0.25) is 0 Å². The lowest BCUT2D eigenvalue weighted by atomic mass is 9.96. The highest BCUT2D eigenvalue weighted by Crippen LogP contribution is 2.29. The molecule has 2 unspecified atom stereocenters. The molecule has 3 N–H and O–H groups in total. The van der Waals surface area contributed by atoms with Crippen molar-refractivity contribution in [3.8, 4) is 11.1 Å². The van der Waals surface area contributed by atoms with Gasteiger partial charge in [0.15, 0.2) is 0 Å². The average Bonchev–Trinajstić information content (AvgIpc) is 3.24. The number of piperidine rings is 1. The van der Waals surface area contributed by atoms with E-state index in [-0.39, 0.29) is 11.9 Å². The lowest BCUT2D eigenvalue weighted by Gasteiger charge is -2.37. The first-order valence-electron chi connectivity index (χ1n) is 11.1. The SMILES string of the molecule is CC1CC(N)CN(c2ccncc2NC(=O)c2ccc3ccc(-c4cnn(C)c4)cc3n2)C1. The van der Waals surface area contributed by atoms with Crippen molar-refractivity contribution >= 4 is 28.2 Å². The molecule has 0 spiro atoms. The third-order valence-corrected chi connectivity index (χ3v) is 6.04. The summed E-state index contributed by atoms with van der Waals surface area (Å²) in [6.07, 6.45) is 8.19. The van der Waals surface area contributed by atoms with Gasteiger partial charge in [0, 0.05) is 49.5 Å². The second kappa shape index (κ2) is 8.63. The molecule has 33 heavy (non-hydrogen) atoms. The predicted octanol–water partition coefficient (Wildman–Crippen LogP) is 3.46. The minimum absolute atomic E-state index is 0.113. The van der Waals surface area contributed by atoms with Crippen molar-refractivity contribution < 1.29 is 4.79 Å². The topological polar surface area (TPSA) is 102 Å². The van der Waals surface area contributed by atoms with Gasteiger partial charge in [0.25, 0.3) is 5.91 Å². The maximum atomic E-state index is 13.1. The van der Waals surface area contributed by atoms with Gasteiger partial charge >= 0.3 is 0 Å². The van der Waals surface area contributed by atoms with Crippen molar-refractivity contribution in [1.29, 1.82) is 0 Å². The molecule has 1 aliphatic heterocycles. The second-order valence-electron chi connectivity index (χ2n) is 8.86. The summed E-state index contributed by atoms with van der Waals surface area (Å²) in [6, 6.07) is 11.7. The maximum absolute atomic E-state index is 13.1. The summed E-state index contributed by atoms with van der Waals surface area (Å²) in [5.74, 6) is 0.217. The van der Waals surface area contributed by atoms with E-state index in [1.165, 1.54) is 0 Å². The molecule has 8 heteroatoms. The largest absolute Gasteiger partial charge is 0.368 e. The van der Waals surface area contributed by atoms with E-state index in [1.54, 1.807) is 23.1 Å². The van der Waals surface area contributed by atoms with Gasteiger partial charge in [-0.25, -0.2) is 4.98 Å². The van der Waals surface area contributed by atoms with Crippen LogP contribution >= 0.6 is 0 Å². The van der Waals surface area contributed by atoms with Gasteiger partial charge in [0.2, 0.25) is 0 Å². The van der Waals surface area contributed by atoms with Crippen LogP contribution in [0.3, 0.4) is 0 Å². The van der Waals surface area contributed by atoms with E-state index in [1.807, 2.05) is 49.8 Å². The lowest BCUT2D eigenvalue weighted by Crippen LogP contribution is -2.46. The number of nitrogens with one attached hydrogen (secondary N) is 1. The van der Waals surface area contributed by atoms with Crippen LogP contribution in [0.4, 0.5) is 11.4 Å². The molecule has 0 radical (unpaired) electrons. The van der Waals surface area contributed by atoms with Gasteiger partial charge in [-0.2, -0.15) is 5.10 Å². The lowest BCUT2D eigenvalue weighted by molar-refractivity contribution is 0.102. The molecule has 8 nitrogen and oxygen atoms in total. The first kappa shape index (κ1) is 21.1. The van der Waals surface area contributed by atoms with Gasteiger partial charge in [-0.15, -0.1) is 0 Å². The molecular formula is C25H27N7O. The summed E-state index contributed by atoms with van der Waals surface area (Å²) in [4.78, 5) is 24.2. The van der Waals surface area contributed by atoms with E-state index in [9.17, 15) is 4.79 Å². The number of fused-ring (bicyclic) bond motifs is 1. The van der Waals surface area contributed by atoms with Crippen molar-refractivity contribution in [3.05, 3.63) is 66.9 Å². The summed E-state index contributed by atoms with van der Waals surface area (Å²) >= 11 is 0. The number of nitrogens with zero attached hydrogens (tertiary/aromatic N) is 5. The Hall–Kier alpha value is -3.78. The van der Waals surface area contributed by atoms with Crippen LogP contribution in [0.25, 0.3) is 22.0 Å². The molecule has 0 aliphatic carbocycles. The van der Waals surface area contributed by atoms with Crippen LogP contribution < -0.4 is 16.0 Å². The third-order valence-electron chi connectivity index (χ3n) is 6.04. The number of anilines is 2. The zero-order valence-corrected chi connectivity index (χ0v) is 18.8. The minimum atomic E-state index is -0.271. The van der Waals surface area contributed by atoms with Gasteiger partial charge in [0.1, 0.15) is 5.69 Å². The number of hydrogen-bond donors (Lipinski definition) is 2. The van der Waals surface area contributed by atoms with E-state index in [4.69, 9.17) is 5.73 Å². The third kappa shape index (κ3) is 4.42. The monoisotopic (exact) mass is 441 g/mol. The van der Waals surface area contributed by atoms with Crippen LogP contribution in [0.5, 0.6) is 0 Å². The van der Waals surface area contributed by atoms with Crippen molar-refractivity contribution in [3.63, 3.8) is 0 Å². The number of amides is 1. The predicted molar refractivity (Wildman–Crippen MR) is 130 cm³/mol. The van der Waals surface area contributed by atoms with E-state index in [2.05, 4.69) is 32.2 Å². The molecule has 5 rings (SSSR count). The Morgan fingerprint density at radius 3 is 2.76 bits per heavy atom. The van der Waals surface area contributed by atoms with E-state index in [0.717, 1.165) is 47.2 Å². The van der Waals surface area contributed by atoms with Crippen LogP contribution in [0, 0.1) is 5.92 Å². The Morgan fingerprint density at radius 1 is 1.12 bits per heavy atom. The Balaban J connectivity index is 1.41. The summed E-state index contributed by atoms with van der Waals surface area (Å²) in [5.41, 5.74) is 11.0. The molecule has 4 aromatic rings.